The molecular weight excluding hydrogens is 616 g/mol. The maximum Gasteiger partial charge on any atom is 0.411 e. The zero-order valence-electron chi connectivity index (χ0n) is 28.3. The van der Waals surface area contributed by atoms with Crippen molar-refractivity contribution in [1.82, 2.24) is 20.0 Å². The predicted molar refractivity (Wildman–Crippen MR) is 180 cm³/mol. The third kappa shape index (κ3) is 6.95. The summed E-state index contributed by atoms with van der Waals surface area (Å²) >= 11 is 0. The highest BCUT2D eigenvalue weighted by Crippen LogP contribution is 2.41. The molecular formula is C37H41F2N5O4. The lowest BCUT2D eigenvalue weighted by atomic mass is 9.88. The Kier molecular flexibility index (Phi) is 9.44. The summed E-state index contributed by atoms with van der Waals surface area (Å²) in [5.41, 5.74) is 2.50. The first kappa shape index (κ1) is 34.3. The molecule has 252 valence electrons. The molecule has 0 fully saturated rings. The molecule has 0 saturated carbocycles. The van der Waals surface area contributed by atoms with E-state index in [1.165, 1.54) is 12.1 Å². The van der Waals surface area contributed by atoms with Crippen LogP contribution in [0.15, 0.2) is 60.7 Å². The van der Waals surface area contributed by atoms with Crippen LogP contribution in [0.25, 0.3) is 16.9 Å². The number of benzene rings is 3. The van der Waals surface area contributed by atoms with Crippen LogP contribution in [0.5, 0.6) is 0 Å². The van der Waals surface area contributed by atoms with Crippen molar-refractivity contribution in [2.45, 2.75) is 85.4 Å². The molecule has 0 unspecified atom stereocenters. The molecule has 0 saturated heterocycles. The fourth-order valence-electron chi connectivity index (χ4n) is 5.98. The molecule has 0 radical (unpaired) electrons. The molecule has 0 spiro atoms. The molecule has 48 heavy (non-hydrogen) atoms. The topological polar surface area (TPSA) is 106 Å². The summed E-state index contributed by atoms with van der Waals surface area (Å²) in [5, 5.41) is 9.39. The second kappa shape index (κ2) is 13.2. The van der Waals surface area contributed by atoms with E-state index in [4.69, 9.17) is 9.84 Å². The third-order valence-electron chi connectivity index (χ3n) is 8.33. The maximum absolute atomic E-state index is 16.3. The predicted octanol–water partition coefficient (Wildman–Crippen LogP) is 7.98. The SMILES string of the molecule is CCc1cccc(CC)c1-n1nc2c(c1-c1cc(F)c(NC(=O)NC(=O)c3ccccc3)cc1F)CN(C(=O)OC(C)(C)C)C(C)(C)C2. The highest BCUT2D eigenvalue weighted by atomic mass is 19.1. The van der Waals surface area contributed by atoms with Gasteiger partial charge in [0.15, 0.2) is 0 Å². The Morgan fingerprint density at radius 2 is 1.58 bits per heavy atom. The van der Waals surface area contributed by atoms with E-state index in [-0.39, 0.29) is 17.7 Å². The highest BCUT2D eigenvalue weighted by molar-refractivity contribution is 6.08. The quantitative estimate of drug-likeness (QED) is 0.219. The molecule has 1 aliphatic heterocycles. The Morgan fingerprint density at radius 1 is 0.938 bits per heavy atom. The molecule has 1 aliphatic rings. The molecule has 5 rings (SSSR count). The van der Waals surface area contributed by atoms with E-state index in [2.05, 4.69) is 10.6 Å². The number of nitrogens with one attached hydrogen (secondary N) is 2. The van der Waals surface area contributed by atoms with Gasteiger partial charge in [0.1, 0.15) is 17.2 Å². The fraction of sp³-hybridized carbons (Fsp3) is 0.351. The van der Waals surface area contributed by atoms with E-state index in [1.807, 2.05) is 45.9 Å². The third-order valence-corrected chi connectivity index (χ3v) is 8.33. The van der Waals surface area contributed by atoms with Gasteiger partial charge in [0.25, 0.3) is 5.91 Å². The van der Waals surface area contributed by atoms with Crippen LogP contribution in [0, 0.1) is 11.6 Å². The largest absolute Gasteiger partial charge is 0.444 e. The van der Waals surface area contributed by atoms with Crippen molar-refractivity contribution in [3.05, 3.63) is 100 Å². The van der Waals surface area contributed by atoms with Crippen molar-refractivity contribution < 1.29 is 27.9 Å². The average molecular weight is 658 g/mol. The number of carbonyl (C=O) groups is 3. The first-order valence-corrected chi connectivity index (χ1v) is 16.0. The average Bonchev–Trinajstić information content (AvgIpc) is 3.37. The van der Waals surface area contributed by atoms with E-state index in [1.54, 1.807) is 48.6 Å². The van der Waals surface area contributed by atoms with Gasteiger partial charge in [-0.25, -0.2) is 23.1 Å². The van der Waals surface area contributed by atoms with Crippen molar-refractivity contribution in [1.29, 1.82) is 0 Å². The second-order valence-electron chi connectivity index (χ2n) is 13.5. The van der Waals surface area contributed by atoms with Crippen molar-refractivity contribution in [3.8, 4) is 16.9 Å². The number of fused-ring (bicyclic) bond motifs is 1. The smallest absolute Gasteiger partial charge is 0.411 e. The number of carbonyl (C=O) groups excluding carboxylic acids is 3. The van der Waals surface area contributed by atoms with Gasteiger partial charge >= 0.3 is 12.1 Å². The van der Waals surface area contributed by atoms with E-state index < -0.39 is 46.5 Å². The van der Waals surface area contributed by atoms with Gasteiger partial charge < -0.3 is 10.1 Å². The second-order valence-corrected chi connectivity index (χ2v) is 13.5. The molecule has 4 amide bonds. The molecule has 11 heteroatoms. The van der Waals surface area contributed by atoms with Crippen molar-refractivity contribution in [3.63, 3.8) is 0 Å². The highest BCUT2D eigenvalue weighted by Gasteiger charge is 2.42. The molecule has 3 aromatic carbocycles. The Morgan fingerprint density at radius 3 is 2.19 bits per heavy atom. The van der Waals surface area contributed by atoms with Gasteiger partial charge in [0, 0.05) is 34.7 Å². The van der Waals surface area contributed by atoms with Gasteiger partial charge in [-0.3, -0.25) is 15.0 Å². The van der Waals surface area contributed by atoms with Gasteiger partial charge in [-0.2, -0.15) is 5.10 Å². The van der Waals surface area contributed by atoms with Gasteiger partial charge in [-0.1, -0.05) is 50.2 Å². The Bertz CT molecular complexity index is 1860. The molecule has 2 N–H and O–H groups in total. The summed E-state index contributed by atoms with van der Waals surface area (Å²) in [7, 11) is 0. The molecule has 0 aliphatic carbocycles. The number of para-hydroxylation sites is 1. The van der Waals surface area contributed by atoms with E-state index >= 15 is 8.78 Å². The number of aromatic nitrogens is 2. The molecule has 2 heterocycles. The van der Waals surface area contributed by atoms with Crippen LogP contribution in [-0.4, -0.2) is 43.9 Å². The molecule has 0 bridgehead atoms. The first-order chi connectivity index (χ1) is 22.6. The number of rotatable bonds is 6. The molecule has 0 atom stereocenters. The van der Waals surface area contributed by atoms with Crippen molar-refractivity contribution in [2.24, 2.45) is 0 Å². The summed E-state index contributed by atoms with van der Waals surface area (Å²) < 4.78 is 39.5. The van der Waals surface area contributed by atoms with Crippen LogP contribution in [0.1, 0.15) is 81.2 Å². The van der Waals surface area contributed by atoms with Crippen molar-refractivity contribution in [2.75, 3.05) is 5.32 Å². The zero-order chi connectivity index (χ0) is 35.0. The molecule has 1 aromatic heterocycles. The fourth-order valence-corrected chi connectivity index (χ4v) is 5.98. The first-order valence-electron chi connectivity index (χ1n) is 16.0. The van der Waals surface area contributed by atoms with E-state index in [0.29, 0.717) is 36.2 Å². The number of hydrogen-bond donors (Lipinski definition) is 2. The number of aryl methyl sites for hydroxylation is 2. The van der Waals surface area contributed by atoms with E-state index in [9.17, 15) is 14.4 Å². The van der Waals surface area contributed by atoms with Gasteiger partial charge in [0.05, 0.1) is 29.3 Å². The lowest BCUT2D eigenvalue weighted by Gasteiger charge is -2.42. The maximum atomic E-state index is 16.3. The Balaban J connectivity index is 1.62. The summed E-state index contributed by atoms with van der Waals surface area (Å²) in [5.74, 6) is -2.44. The van der Waals surface area contributed by atoms with Crippen LogP contribution < -0.4 is 10.6 Å². The number of halogens is 2. The number of amides is 4. The Hall–Kier alpha value is -5.06. The Labute approximate surface area is 279 Å². The molecule has 9 nitrogen and oxygen atoms in total. The minimum absolute atomic E-state index is 0.0490. The van der Waals surface area contributed by atoms with Crippen LogP contribution in [-0.2, 0) is 30.5 Å². The summed E-state index contributed by atoms with van der Waals surface area (Å²) in [4.78, 5) is 40.1. The number of anilines is 1. The van der Waals surface area contributed by atoms with Crippen LogP contribution >= 0.6 is 0 Å². The van der Waals surface area contributed by atoms with Crippen LogP contribution in [0.2, 0.25) is 0 Å². The number of urea groups is 1. The number of ether oxygens (including phenoxy) is 1. The van der Waals surface area contributed by atoms with Gasteiger partial charge in [-0.05, 0) is 76.8 Å². The minimum atomic E-state index is -1.02. The van der Waals surface area contributed by atoms with Crippen LogP contribution in [0.3, 0.4) is 0 Å². The van der Waals surface area contributed by atoms with Gasteiger partial charge in [-0.15, -0.1) is 0 Å². The summed E-state index contributed by atoms with van der Waals surface area (Å²) in [6.07, 6.45) is 1.15. The number of nitrogens with zero attached hydrogens (tertiary/aromatic N) is 3. The lowest BCUT2D eigenvalue weighted by molar-refractivity contribution is -0.00266. The van der Waals surface area contributed by atoms with Crippen molar-refractivity contribution >= 4 is 23.7 Å². The number of imide groups is 1. The summed E-state index contributed by atoms with van der Waals surface area (Å²) in [6, 6.07) is 14.8. The monoisotopic (exact) mass is 657 g/mol. The van der Waals surface area contributed by atoms with E-state index in [0.717, 1.165) is 28.9 Å². The summed E-state index contributed by atoms with van der Waals surface area (Å²) in [6.45, 7) is 13.3. The number of hydrogen-bond acceptors (Lipinski definition) is 5. The van der Waals surface area contributed by atoms with Gasteiger partial charge in [0.2, 0.25) is 0 Å². The standard InChI is InChI=1S/C37H41F2N5O4/c1-8-22-16-13-17-23(9-2)31(22)44-32(26-21-43(35(47)48-36(3,4)5)37(6,7)20-30(26)42-44)25-18-28(39)29(19-27(25)38)40-34(46)41-33(45)24-14-11-10-12-15-24/h10-19H,8-9,20-21H2,1-7H3,(H2,40,41,45,46). The zero-order valence-corrected chi connectivity index (χ0v) is 28.3. The molecule has 4 aromatic rings. The lowest BCUT2D eigenvalue weighted by Crippen LogP contribution is -2.52. The normalized spacial score (nSPS) is 13.9. The van der Waals surface area contributed by atoms with Crippen LogP contribution in [0.4, 0.5) is 24.1 Å². The minimum Gasteiger partial charge on any atom is -0.444 e.